The summed E-state index contributed by atoms with van der Waals surface area (Å²) in [7, 11) is 0. The van der Waals surface area contributed by atoms with Crippen molar-refractivity contribution >= 4 is 5.91 Å². The number of ether oxygens (including phenoxy) is 1. The van der Waals surface area contributed by atoms with Gasteiger partial charge in [0.1, 0.15) is 29.3 Å². The van der Waals surface area contributed by atoms with Crippen LogP contribution < -0.4 is 4.74 Å². The maximum Gasteiger partial charge on any atom is 0.259 e. The number of hydrogen-bond donors (Lipinski definition) is 1. The number of amides is 1. The molecule has 0 radical (unpaired) electrons. The zero-order chi connectivity index (χ0) is 21.2. The van der Waals surface area contributed by atoms with Crippen LogP contribution in [0.2, 0.25) is 0 Å². The van der Waals surface area contributed by atoms with E-state index in [0.29, 0.717) is 42.9 Å². The van der Waals surface area contributed by atoms with E-state index in [1.165, 1.54) is 5.56 Å². The molecule has 3 rings (SSSR count). The van der Waals surface area contributed by atoms with E-state index in [1.54, 1.807) is 11.8 Å². The topological polar surface area (TPSA) is 75.8 Å². The van der Waals surface area contributed by atoms with Gasteiger partial charge in [0.05, 0.1) is 5.69 Å². The van der Waals surface area contributed by atoms with Crippen LogP contribution in [0, 0.1) is 20.8 Å². The van der Waals surface area contributed by atoms with E-state index in [0.717, 1.165) is 17.7 Å². The Labute approximate surface area is 172 Å². The maximum atomic E-state index is 13.1. The van der Waals surface area contributed by atoms with E-state index in [1.807, 2.05) is 39.0 Å². The number of carbonyl (C=O) groups excluding carboxylic acids is 1. The highest BCUT2D eigenvalue weighted by molar-refractivity contribution is 5.96. The normalized spacial score (nSPS) is 20.0. The summed E-state index contributed by atoms with van der Waals surface area (Å²) in [5.74, 6) is 1.37. The summed E-state index contributed by atoms with van der Waals surface area (Å²) in [5, 5.41) is 15.1. The lowest BCUT2D eigenvalue weighted by Crippen LogP contribution is -2.38. The van der Waals surface area contributed by atoms with Crippen molar-refractivity contribution in [2.45, 2.75) is 65.4 Å². The molecule has 6 heteroatoms. The second kappa shape index (κ2) is 8.57. The number of carbonyl (C=O) groups is 1. The van der Waals surface area contributed by atoms with Gasteiger partial charge in [0.15, 0.2) is 0 Å². The summed E-state index contributed by atoms with van der Waals surface area (Å²) in [4.78, 5) is 14.9. The summed E-state index contributed by atoms with van der Waals surface area (Å²) in [6.45, 7) is 11.2. The van der Waals surface area contributed by atoms with E-state index in [9.17, 15) is 9.90 Å². The van der Waals surface area contributed by atoms with E-state index < -0.39 is 5.60 Å². The number of benzene rings is 1. The Morgan fingerprint density at radius 2 is 2.00 bits per heavy atom. The minimum absolute atomic E-state index is 0.0632. The summed E-state index contributed by atoms with van der Waals surface area (Å²) in [5.41, 5.74) is 2.70. The maximum absolute atomic E-state index is 13.1. The SMILES string of the molecule is Cc1ccc(OCC2(O)CCCN(C(=O)c3c(C(C)C)noc3C)CC2)cc1C. The highest BCUT2D eigenvalue weighted by Crippen LogP contribution is 2.28. The van der Waals surface area contributed by atoms with Gasteiger partial charge in [-0.3, -0.25) is 4.79 Å². The quantitative estimate of drug-likeness (QED) is 0.816. The molecule has 29 heavy (non-hydrogen) atoms. The van der Waals surface area contributed by atoms with Crippen LogP contribution in [0.4, 0.5) is 0 Å². The first-order valence-electron chi connectivity index (χ1n) is 10.4. The molecule has 0 aliphatic carbocycles. The van der Waals surface area contributed by atoms with Gasteiger partial charge in [0.25, 0.3) is 5.91 Å². The summed E-state index contributed by atoms with van der Waals surface area (Å²) >= 11 is 0. The predicted octanol–water partition coefficient (Wildman–Crippen LogP) is 4.16. The van der Waals surface area contributed by atoms with E-state index in [2.05, 4.69) is 12.1 Å². The Bertz CT molecular complexity index is 874. The molecular weight excluding hydrogens is 368 g/mol. The van der Waals surface area contributed by atoms with Crippen LogP contribution in [-0.2, 0) is 0 Å². The van der Waals surface area contributed by atoms with Crippen molar-refractivity contribution in [1.29, 1.82) is 0 Å². The van der Waals surface area contributed by atoms with Gasteiger partial charge in [-0.1, -0.05) is 25.1 Å². The molecule has 1 N–H and O–H groups in total. The van der Waals surface area contributed by atoms with Crippen molar-refractivity contribution in [1.82, 2.24) is 10.1 Å². The zero-order valence-electron chi connectivity index (χ0n) is 18.1. The molecule has 0 saturated carbocycles. The molecule has 2 heterocycles. The van der Waals surface area contributed by atoms with Crippen LogP contribution in [0.1, 0.15) is 72.0 Å². The van der Waals surface area contributed by atoms with Crippen LogP contribution >= 0.6 is 0 Å². The molecule has 1 aromatic heterocycles. The minimum Gasteiger partial charge on any atom is -0.491 e. The first-order chi connectivity index (χ1) is 13.7. The van der Waals surface area contributed by atoms with E-state index in [-0.39, 0.29) is 18.4 Å². The Hall–Kier alpha value is -2.34. The fourth-order valence-electron chi connectivity index (χ4n) is 3.75. The zero-order valence-corrected chi connectivity index (χ0v) is 18.1. The van der Waals surface area contributed by atoms with Crippen LogP contribution in [0.15, 0.2) is 22.7 Å². The average Bonchev–Trinajstić information content (AvgIpc) is 2.95. The number of rotatable bonds is 5. The first kappa shape index (κ1) is 21.4. The fraction of sp³-hybridized carbons (Fsp3) is 0.565. The third-order valence-corrected chi connectivity index (χ3v) is 5.84. The summed E-state index contributed by atoms with van der Waals surface area (Å²) < 4.78 is 11.2. The van der Waals surface area contributed by atoms with Crippen LogP contribution in [0.5, 0.6) is 5.75 Å². The lowest BCUT2D eigenvalue weighted by atomic mass is 9.96. The molecule has 6 nitrogen and oxygen atoms in total. The van der Waals surface area contributed by atoms with Crippen molar-refractivity contribution in [2.75, 3.05) is 19.7 Å². The van der Waals surface area contributed by atoms with Crippen LogP contribution in [0.25, 0.3) is 0 Å². The fourth-order valence-corrected chi connectivity index (χ4v) is 3.75. The Morgan fingerprint density at radius 3 is 2.69 bits per heavy atom. The van der Waals surface area contributed by atoms with Crippen molar-refractivity contribution in [3.05, 3.63) is 46.3 Å². The van der Waals surface area contributed by atoms with Crippen molar-refractivity contribution in [2.24, 2.45) is 0 Å². The Kier molecular flexibility index (Phi) is 6.32. The lowest BCUT2D eigenvalue weighted by molar-refractivity contribution is -0.0163. The van der Waals surface area contributed by atoms with Crippen LogP contribution in [0.3, 0.4) is 0 Å². The standard InChI is InChI=1S/C23H32N2O4/c1-15(2)21-20(18(5)29-24-21)22(26)25-11-6-9-23(27,10-12-25)14-28-19-8-7-16(3)17(4)13-19/h7-8,13,15,27H,6,9-12,14H2,1-5H3. The summed E-state index contributed by atoms with van der Waals surface area (Å²) in [6.07, 6.45) is 1.80. The highest BCUT2D eigenvalue weighted by Gasteiger charge is 2.34. The molecule has 0 spiro atoms. The molecule has 1 aliphatic heterocycles. The lowest BCUT2D eigenvalue weighted by Gasteiger charge is -2.27. The molecule has 1 aromatic carbocycles. The third kappa shape index (κ3) is 4.81. The second-order valence-corrected chi connectivity index (χ2v) is 8.56. The molecule has 1 amide bonds. The number of nitrogens with zero attached hydrogens (tertiary/aromatic N) is 2. The molecule has 1 aliphatic rings. The van der Waals surface area contributed by atoms with Crippen molar-refractivity contribution in [3.63, 3.8) is 0 Å². The van der Waals surface area contributed by atoms with Gasteiger partial charge in [0.2, 0.25) is 0 Å². The second-order valence-electron chi connectivity index (χ2n) is 8.56. The molecule has 2 aromatic rings. The number of likely N-dealkylation sites (tertiary alicyclic amines) is 1. The van der Waals surface area contributed by atoms with Gasteiger partial charge >= 0.3 is 0 Å². The van der Waals surface area contributed by atoms with Gasteiger partial charge in [0, 0.05) is 13.1 Å². The highest BCUT2D eigenvalue weighted by atomic mass is 16.5. The minimum atomic E-state index is -0.946. The molecule has 1 unspecified atom stereocenters. The van der Waals surface area contributed by atoms with E-state index >= 15 is 0 Å². The number of aryl methyl sites for hydroxylation is 3. The molecule has 1 fully saturated rings. The van der Waals surface area contributed by atoms with Gasteiger partial charge in [-0.2, -0.15) is 0 Å². The molecular formula is C23H32N2O4. The Morgan fingerprint density at radius 1 is 1.24 bits per heavy atom. The third-order valence-electron chi connectivity index (χ3n) is 5.84. The smallest absolute Gasteiger partial charge is 0.259 e. The van der Waals surface area contributed by atoms with Gasteiger partial charge < -0.3 is 19.3 Å². The average molecular weight is 401 g/mol. The number of hydrogen-bond acceptors (Lipinski definition) is 5. The van der Waals surface area contributed by atoms with Gasteiger partial charge in [-0.15, -0.1) is 0 Å². The molecule has 158 valence electrons. The predicted molar refractivity (Wildman–Crippen MR) is 111 cm³/mol. The van der Waals surface area contributed by atoms with Gasteiger partial charge in [-0.05, 0) is 69.2 Å². The number of aliphatic hydroxyl groups is 1. The Balaban J connectivity index is 1.65. The largest absolute Gasteiger partial charge is 0.491 e. The monoisotopic (exact) mass is 400 g/mol. The number of aromatic nitrogens is 1. The summed E-state index contributed by atoms with van der Waals surface area (Å²) in [6, 6.07) is 5.95. The van der Waals surface area contributed by atoms with E-state index in [4.69, 9.17) is 9.26 Å². The molecule has 1 saturated heterocycles. The van der Waals surface area contributed by atoms with Gasteiger partial charge in [-0.25, -0.2) is 0 Å². The molecule has 0 bridgehead atoms. The molecule has 1 atom stereocenters. The first-order valence-corrected chi connectivity index (χ1v) is 10.4. The van der Waals surface area contributed by atoms with Crippen molar-refractivity contribution < 1.29 is 19.2 Å². The van der Waals surface area contributed by atoms with Crippen LogP contribution in [-0.4, -0.2) is 46.4 Å². The van der Waals surface area contributed by atoms with Crippen molar-refractivity contribution in [3.8, 4) is 5.75 Å².